The zero-order valence-corrected chi connectivity index (χ0v) is 9.88. The molecule has 2 heterocycles. The standard InChI is InChI=1S/C11H17N5/c1-7(2)9(12)4-10-8-5-15-16(3)11(8)14-6-13-10/h5-7,9H,4,12H2,1-3H3. The first-order valence-corrected chi connectivity index (χ1v) is 5.46. The first-order valence-electron chi connectivity index (χ1n) is 5.46. The Morgan fingerprint density at radius 1 is 1.38 bits per heavy atom. The fourth-order valence-corrected chi connectivity index (χ4v) is 1.63. The molecule has 86 valence electrons. The number of hydrogen-bond donors (Lipinski definition) is 1. The van der Waals surface area contributed by atoms with Crippen LogP contribution in [0, 0.1) is 5.92 Å². The van der Waals surface area contributed by atoms with E-state index < -0.39 is 0 Å². The van der Waals surface area contributed by atoms with Crippen molar-refractivity contribution >= 4 is 11.0 Å². The monoisotopic (exact) mass is 219 g/mol. The normalized spacial score (nSPS) is 13.6. The summed E-state index contributed by atoms with van der Waals surface area (Å²) in [5.74, 6) is 0.446. The van der Waals surface area contributed by atoms with Crippen molar-refractivity contribution in [2.45, 2.75) is 26.3 Å². The first-order chi connectivity index (χ1) is 7.59. The minimum atomic E-state index is 0.123. The zero-order valence-electron chi connectivity index (χ0n) is 9.88. The van der Waals surface area contributed by atoms with Crippen molar-refractivity contribution in [1.82, 2.24) is 19.7 Å². The molecule has 2 rings (SSSR count). The molecule has 0 aliphatic rings. The lowest BCUT2D eigenvalue weighted by Gasteiger charge is -2.14. The summed E-state index contributed by atoms with van der Waals surface area (Å²) in [5, 5.41) is 5.18. The highest BCUT2D eigenvalue weighted by atomic mass is 15.3. The largest absolute Gasteiger partial charge is 0.327 e. The van der Waals surface area contributed by atoms with Crippen molar-refractivity contribution < 1.29 is 0 Å². The van der Waals surface area contributed by atoms with Gasteiger partial charge in [0.25, 0.3) is 0 Å². The topological polar surface area (TPSA) is 69.6 Å². The predicted molar refractivity (Wildman–Crippen MR) is 62.8 cm³/mol. The number of rotatable bonds is 3. The third-order valence-electron chi connectivity index (χ3n) is 2.90. The van der Waals surface area contributed by atoms with Gasteiger partial charge in [-0.2, -0.15) is 5.10 Å². The third kappa shape index (κ3) is 1.90. The van der Waals surface area contributed by atoms with Gasteiger partial charge in [0.15, 0.2) is 5.65 Å². The van der Waals surface area contributed by atoms with Crippen LogP contribution < -0.4 is 5.73 Å². The van der Waals surface area contributed by atoms with E-state index in [1.165, 1.54) is 0 Å². The maximum Gasteiger partial charge on any atom is 0.161 e. The van der Waals surface area contributed by atoms with Gasteiger partial charge < -0.3 is 5.73 Å². The molecule has 0 aliphatic carbocycles. The van der Waals surface area contributed by atoms with Crippen LogP contribution in [0.15, 0.2) is 12.5 Å². The molecular formula is C11H17N5. The van der Waals surface area contributed by atoms with Crippen molar-refractivity contribution in [2.75, 3.05) is 0 Å². The lowest BCUT2D eigenvalue weighted by Crippen LogP contribution is -2.29. The fourth-order valence-electron chi connectivity index (χ4n) is 1.63. The molecule has 0 bridgehead atoms. The Morgan fingerprint density at radius 3 is 2.81 bits per heavy atom. The molecule has 0 aliphatic heterocycles. The molecule has 0 aromatic carbocycles. The van der Waals surface area contributed by atoms with E-state index in [4.69, 9.17) is 5.73 Å². The Labute approximate surface area is 94.7 Å². The molecule has 0 fully saturated rings. The maximum absolute atomic E-state index is 6.06. The average Bonchev–Trinajstić information content (AvgIpc) is 2.62. The summed E-state index contributed by atoms with van der Waals surface area (Å²) < 4.78 is 1.75. The molecule has 2 aromatic rings. The Morgan fingerprint density at radius 2 is 2.12 bits per heavy atom. The van der Waals surface area contributed by atoms with Crippen LogP contribution in [0.2, 0.25) is 0 Å². The van der Waals surface area contributed by atoms with Gasteiger partial charge in [0.1, 0.15) is 6.33 Å². The van der Waals surface area contributed by atoms with Crippen LogP contribution in [0.5, 0.6) is 0 Å². The Balaban J connectivity index is 2.37. The van der Waals surface area contributed by atoms with Crippen molar-refractivity contribution in [3.05, 3.63) is 18.2 Å². The molecule has 0 spiro atoms. The Kier molecular flexibility index (Phi) is 2.87. The number of nitrogens with zero attached hydrogens (tertiary/aromatic N) is 4. The summed E-state index contributed by atoms with van der Waals surface area (Å²) in [5.41, 5.74) is 7.91. The summed E-state index contributed by atoms with van der Waals surface area (Å²) in [7, 11) is 1.88. The number of hydrogen-bond acceptors (Lipinski definition) is 4. The SMILES string of the molecule is CC(C)C(N)Cc1ncnc2c1cnn2C. The second kappa shape index (κ2) is 4.17. The number of aryl methyl sites for hydroxylation is 1. The third-order valence-corrected chi connectivity index (χ3v) is 2.90. The van der Waals surface area contributed by atoms with Crippen molar-refractivity contribution in [3.8, 4) is 0 Å². The van der Waals surface area contributed by atoms with Crippen LogP contribution in [0.1, 0.15) is 19.5 Å². The summed E-state index contributed by atoms with van der Waals surface area (Å²) >= 11 is 0. The highest BCUT2D eigenvalue weighted by Crippen LogP contribution is 2.16. The van der Waals surface area contributed by atoms with Gasteiger partial charge in [0.2, 0.25) is 0 Å². The van der Waals surface area contributed by atoms with E-state index in [9.17, 15) is 0 Å². The summed E-state index contributed by atoms with van der Waals surface area (Å²) in [4.78, 5) is 8.50. The zero-order chi connectivity index (χ0) is 11.7. The summed E-state index contributed by atoms with van der Waals surface area (Å²) in [6, 6.07) is 0.123. The highest BCUT2D eigenvalue weighted by molar-refractivity contribution is 5.76. The highest BCUT2D eigenvalue weighted by Gasteiger charge is 2.13. The smallest absolute Gasteiger partial charge is 0.161 e. The van der Waals surface area contributed by atoms with E-state index in [0.29, 0.717) is 5.92 Å². The van der Waals surface area contributed by atoms with Gasteiger partial charge in [0.05, 0.1) is 17.3 Å². The number of fused-ring (bicyclic) bond motifs is 1. The molecule has 2 aromatic heterocycles. The molecule has 16 heavy (non-hydrogen) atoms. The van der Waals surface area contributed by atoms with Crippen molar-refractivity contribution in [2.24, 2.45) is 18.7 Å². The minimum absolute atomic E-state index is 0.123. The first kappa shape index (κ1) is 11.0. The fraction of sp³-hybridized carbons (Fsp3) is 0.545. The Bertz CT molecular complexity index is 488. The summed E-state index contributed by atoms with van der Waals surface area (Å²) in [6.07, 6.45) is 4.15. The Hall–Kier alpha value is -1.49. The van der Waals surface area contributed by atoms with E-state index in [2.05, 4.69) is 28.9 Å². The van der Waals surface area contributed by atoms with E-state index >= 15 is 0 Å². The van der Waals surface area contributed by atoms with E-state index in [0.717, 1.165) is 23.1 Å². The second-order valence-corrected chi connectivity index (χ2v) is 4.44. The molecule has 0 amide bonds. The van der Waals surface area contributed by atoms with Crippen molar-refractivity contribution in [3.63, 3.8) is 0 Å². The molecule has 1 unspecified atom stereocenters. The summed E-state index contributed by atoms with van der Waals surface area (Å²) in [6.45, 7) is 4.23. The van der Waals surface area contributed by atoms with Gasteiger partial charge in [-0.3, -0.25) is 4.68 Å². The number of nitrogens with two attached hydrogens (primary N) is 1. The number of aromatic nitrogens is 4. The molecular weight excluding hydrogens is 202 g/mol. The quantitative estimate of drug-likeness (QED) is 0.832. The van der Waals surface area contributed by atoms with E-state index in [-0.39, 0.29) is 6.04 Å². The van der Waals surface area contributed by atoms with Crippen LogP contribution in [-0.4, -0.2) is 25.8 Å². The van der Waals surface area contributed by atoms with Crippen LogP contribution in [-0.2, 0) is 13.5 Å². The van der Waals surface area contributed by atoms with Crippen LogP contribution in [0.3, 0.4) is 0 Å². The van der Waals surface area contributed by atoms with Crippen LogP contribution in [0.25, 0.3) is 11.0 Å². The molecule has 0 radical (unpaired) electrons. The lowest BCUT2D eigenvalue weighted by molar-refractivity contribution is 0.487. The predicted octanol–water partition coefficient (Wildman–Crippen LogP) is 0.889. The molecule has 0 saturated heterocycles. The molecule has 2 N–H and O–H groups in total. The van der Waals surface area contributed by atoms with Gasteiger partial charge >= 0.3 is 0 Å². The van der Waals surface area contributed by atoms with Crippen LogP contribution >= 0.6 is 0 Å². The average molecular weight is 219 g/mol. The van der Waals surface area contributed by atoms with E-state index in [1.807, 2.05) is 7.05 Å². The maximum atomic E-state index is 6.06. The van der Waals surface area contributed by atoms with Gasteiger partial charge in [-0.15, -0.1) is 0 Å². The molecule has 5 heteroatoms. The van der Waals surface area contributed by atoms with Crippen LogP contribution in [0.4, 0.5) is 0 Å². The van der Waals surface area contributed by atoms with Gasteiger partial charge in [-0.05, 0) is 5.92 Å². The van der Waals surface area contributed by atoms with E-state index in [1.54, 1.807) is 17.2 Å². The lowest BCUT2D eigenvalue weighted by atomic mass is 9.99. The van der Waals surface area contributed by atoms with Gasteiger partial charge in [-0.1, -0.05) is 13.8 Å². The minimum Gasteiger partial charge on any atom is -0.327 e. The van der Waals surface area contributed by atoms with Gasteiger partial charge in [0, 0.05) is 19.5 Å². The molecule has 0 saturated carbocycles. The second-order valence-electron chi connectivity index (χ2n) is 4.44. The molecule has 5 nitrogen and oxygen atoms in total. The van der Waals surface area contributed by atoms with Crippen molar-refractivity contribution in [1.29, 1.82) is 0 Å². The molecule has 1 atom stereocenters. The van der Waals surface area contributed by atoms with Gasteiger partial charge in [-0.25, -0.2) is 9.97 Å².